The van der Waals surface area contributed by atoms with Crippen LogP contribution in [0.15, 0.2) is 23.3 Å². The van der Waals surface area contributed by atoms with E-state index in [1.54, 1.807) is 11.1 Å². The molecule has 0 bridgehead atoms. The minimum atomic E-state index is 1.28. The van der Waals surface area contributed by atoms with E-state index >= 15 is 0 Å². The van der Waals surface area contributed by atoms with E-state index in [4.69, 9.17) is 0 Å². The van der Waals surface area contributed by atoms with Crippen LogP contribution in [-0.4, -0.2) is 0 Å². The molecule has 0 saturated heterocycles. The van der Waals surface area contributed by atoms with Crippen LogP contribution in [0.2, 0.25) is 0 Å². The molecule has 13 heavy (non-hydrogen) atoms. The van der Waals surface area contributed by atoms with Crippen molar-refractivity contribution in [1.82, 2.24) is 0 Å². The average Bonchev–Trinajstić information content (AvgIpc) is 2.59. The summed E-state index contributed by atoms with van der Waals surface area (Å²) in [6, 6.07) is 0. The molecule has 0 amide bonds. The third-order valence-corrected chi connectivity index (χ3v) is 2.71. The molecular weight excluding hydrogens is 156 g/mol. The van der Waals surface area contributed by atoms with E-state index in [9.17, 15) is 0 Å². The summed E-state index contributed by atoms with van der Waals surface area (Å²) in [5, 5.41) is 0. The van der Waals surface area contributed by atoms with Gasteiger partial charge < -0.3 is 0 Å². The maximum atomic E-state index is 2.35. The third kappa shape index (κ3) is 3.80. The Balaban J connectivity index is 2.16. The molecule has 1 rings (SSSR count). The van der Waals surface area contributed by atoms with Crippen LogP contribution < -0.4 is 0 Å². The van der Waals surface area contributed by atoms with Crippen LogP contribution >= 0.6 is 0 Å². The number of hydrogen-bond acceptors (Lipinski definition) is 0. The van der Waals surface area contributed by atoms with Gasteiger partial charge in [-0.3, -0.25) is 0 Å². The zero-order chi connectivity index (χ0) is 9.52. The Morgan fingerprint density at radius 3 is 1.77 bits per heavy atom. The molecule has 1 aliphatic carbocycles. The number of rotatable bonds is 6. The molecule has 0 radical (unpaired) electrons. The highest BCUT2D eigenvalue weighted by molar-refractivity contribution is 5.30. The predicted molar refractivity (Wildman–Crippen MR) is 59.8 cm³/mol. The van der Waals surface area contributed by atoms with E-state index in [0.29, 0.717) is 0 Å². The first-order valence-electron chi connectivity index (χ1n) is 5.74. The number of allylic oxidation sites excluding steroid dienone is 4. The smallest absolute Gasteiger partial charge is 0.0102 e. The van der Waals surface area contributed by atoms with Gasteiger partial charge in [-0.2, -0.15) is 0 Å². The van der Waals surface area contributed by atoms with Crippen molar-refractivity contribution in [2.75, 3.05) is 0 Å². The Morgan fingerprint density at radius 2 is 1.38 bits per heavy atom. The van der Waals surface area contributed by atoms with E-state index in [2.05, 4.69) is 26.0 Å². The molecular formula is C13H22. The molecule has 0 aromatic carbocycles. The van der Waals surface area contributed by atoms with Gasteiger partial charge in [0.2, 0.25) is 0 Å². The SMILES string of the molecule is CCCCC1=CC=C(CCCC)C1. The maximum absolute atomic E-state index is 2.35. The summed E-state index contributed by atoms with van der Waals surface area (Å²) < 4.78 is 0. The number of unbranched alkanes of at least 4 members (excludes halogenated alkanes) is 2. The lowest BCUT2D eigenvalue weighted by Crippen LogP contribution is -1.84. The van der Waals surface area contributed by atoms with Crippen molar-refractivity contribution in [2.24, 2.45) is 0 Å². The molecule has 0 aliphatic heterocycles. The monoisotopic (exact) mass is 178 g/mol. The summed E-state index contributed by atoms with van der Waals surface area (Å²) in [5.74, 6) is 0. The Hall–Kier alpha value is -0.520. The van der Waals surface area contributed by atoms with Gasteiger partial charge >= 0.3 is 0 Å². The van der Waals surface area contributed by atoms with Crippen LogP contribution in [0, 0.1) is 0 Å². The molecule has 0 aromatic rings. The quantitative estimate of drug-likeness (QED) is 0.556. The van der Waals surface area contributed by atoms with Gasteiger partial charge in [-0.05, 0) is 32.1 Å². The van der Waals surface area contributed by atoms with Crippen LogP contribution in [-0.2, 0) is 0 Å². The van der Waals surface area contributed by atoms with Crippen LogP contribution in [0.3, 0.4) is 0 Å². The molecule has 0 saturated carbocycles. The molecule has 0 heteroatoms. The average molecular weight is 178 g/mol. The van der Waals surface area contributed by atoms with Crippen molar-refractivity contribution in [3.63, 3.8) is 0 Å². The molecule has 0 nitrogen and oxygen atoms in total. The van der Waals surface area contributed by atoms with Crippen molar-refractivity contribution >= 4 is 0 Å². The van der Waals surface area contributed by atoms with Gasteiger partial charge in [0, 0.05) is 0 Å². The standard InChI is InChI=1S/C13H22/c1-3-5-7-12-9-10-13(11-12)8-6-4-2/h9-10H,3-8,11H2,1-2H3. The van der Waals surface area contributed by atoms with E-state index in [-0.39, 0.29) is 0 Å². The molecule has 0 fully saturated rings. The fourth-order valence-corrected chi connectivity index (χ4v) is 1.80. The molecule has 0 spiro atoms. The topological polar surface area (TPSA) is 0 Å². The van der Waals surface area contributed by atoms with E-state index in [1.807, 2.05) is 0 Å². The lowest BCUT2D eigenvalue weighted by molar-refractivity contribution is 0.746. The van der Waals surface area contributed by atoms with Crippen LogP contribution in [0.25, 0.3) is 0 Å². The predicted octanol–water partition coefficient (Wildman–Crippen LogP) is 4.62. The van der Waals surface area contributed by atoms with Gasteiger partial charge in [0.15, 0.2) is 0 Å². The van der Waals surface area contributed by atoms with Gasteiger partial charge in [0.1, 0.15) is 0 Å². The third-order valence-electron chi connectivity index (χ3n) is 2.71. The molecule has 0 N–H and O–H groups in total. The highest BCUT2D eigenvalue weighted by Crippen LogP contribution is 2.26. The van der Waals surface area contributed by atoms with Crippen molar-refractivity contribution in [1.29, 1.82) is 0 Å². The van der Waals surface area contributed by atoms with Crippen molar-refractivity contribution in [2.45, 2.75) is 58.8 Å². The molecule has 74 valence electrons. The van der Waals surface area contributed by atoms with E-state index < -0.39 is 0 Å². The van der Waals surface area contributed by atoms with Crippen LogP contribution in [0.5, 0.6) is 0 Å². The summed E-state index contributed by atoms with van der Waals surface area (Å²) in [6.07, 6.45) is 14.0. The summed E-state index contributed by atoms with van der Waals surface area (Å²) in [6.45, 7) is 4.53. The molecule has 0 heterocycles. The minimum absolute atomic E-state index is 1.28. The largest absolute Gasteiger partial charge is 0.0662 e. The van der Waals surface area contributed by atoms with E-state index in [1.165, 1.54) is 44.9 Å². The summed E-state index contributed by atoms with van der Waals surface area (Å²) in [4.78, 5) is 0. The van der Waals surface area contributed by atoms with Crippen LogP contribution in [0.1, 0.15) is 58.8 Å². The number of hydrogen-bond donors (Lipinski definition) is 0. The fourth-order valence-electron chi connectivity index (χ4n) is 1.80. The van der Waals surface area contributed by atoms with Crippen molar-refractivity contribution in [3.8, 4) is 0 Å². The fraction of sp³-hybridized carbons (Fsp3) is 0.692. The Kier molecular flexibility index (Phi) is 4.88. The Labute approximate surface area is 82.7 Å². The van der Waals surface area contributed by atoms with Crippen LogP contribution in [0.4, 0.5) is 0 Å². The van der Waals surface area contributed by atoms with E-state index in [0.717, 1.165) is 0 Å². The van der Waals surface area contributed by atoms with Gasteiger partial charge in [-0.15, -0.1) is 0 Å². The first-order valence-corrected chi connectivity index (χ1v) is 5.74. The molecule has 1 aliphatic rings. The van der Waals surface area contributed by atoms with Gasteiger partial charge in [0.25, 0.3) is 0 Å². The second-order valence-electron chi connectivity index (χ2n) is 4.03. The van der Waals surface area contributed by atoms with Crippen molar-refractivity contribution in [3.05, 3.63) is 23.3 Å². The Bertz CT molecular complexity index is 174. The van der Waals surface area contributed by atoms with Gasteiger partial charge in [-0.1, -0.05) is 50.0 Å². The highest BCUT2D eigenvalue weighted by atomic mass is 14.1. The zero-order valence-corrected chi connectivity index (χ0v) is 9.10. The minimum Gasteiger partial charge on any atom is -0.0662 e. The molecule has 0 aromatic heterocycles. The lowest BCUT2D eigenvalue weighted by atomic mass is 10.0. The zero-order valence-electron chi connectivity index (χ0n) is 9.10. The van der Waals surface area contributed by atoms with Gasteiger partial charge in [0.05, 0.1) is 0 Å². The Morgan fingerprint density at radius 1 is 0.923 bits per heavy atom. The first-order chi connectivity index (χ1) is 6.36. The maximum Gasteiger partial charge on any atom is -0.0102 e. The molecule has 0 atom stereocenters. The second kappa shape index (κ2) is 6.01. The molecule has 0 unspecified atom stereocenters. The second-order valence-corrected chi connectivity index (χ2v) is 4.03. The summed E-state index contributed by atoms with van der Waals surface area (Å²) in [5.41, 5.74) is 3.32. The normalized spacial score (nSPS) is 15.8. The highest BCUT2D eigenvalue weighted by Gasteiger charge is 2.06. The van der Waals surface area contributed by atoms with Gasteiger partial charge in [-0.25, -0.2) is 0 Å². The summed E-state index contributed by atoms with van der Waals surface area (Å²) >= 11 is 0. The summed E-state index contributed by atoms with van der Waals surface area (Å²) in [7, 11) is 0. The first kappa shape index (κ1) is 10.6. The van der Waals surface area contributed by atoms with Crippen molar-refractivity contribution < 1.29 is 0 Å². The lowest BCUT2D eigenvalue weighted by Gasteiger charge is -2.03.